The van der Waals surface area contributed by atoms with E-state index in [2.05, 4.69) is 63.3 Å². The van der Waals surface area contributed by atoms with Crippen molar-refractivity contribution >= 4 is 0 Å². The lowest BCUT2D eigenvalue weighted by Gasteiger charge is -2.28. The molecule has 0 bridgehead atoms. The Kier molecular flexibility index (Phi) is 3.70. The number of nitrogens with one attached hydrogen (secondary N) is 1. The summed E-state index contributed by atoms with van der Waals surface area (Å²) in [4.78, 5) is 0. The Morgan fingerprint density at radius 3 is 2.14 bits per heavy atom. The van der Waals surface area contributed by atoms with Gasteiger partial charge in [0.25, 0.3) is 0 Å². The topological polar surface area (TPSA) is 12.0 Å². The van der Waals surface area contributed by atoms with Crippen molar-refractivity contribution in [2.75, 3.05) is 0 Å². The maximum absolute atomic E-state index is 3.62. The van der Waals surface area contributed by atoms with Gasteiger partial charge in [0.1, 0.15) is 0 Å². The second-order valence-electron chi connectivity index (χ2n) is 4.77. The van der Waals surface area contributed by atoms with E-state index in [1.54, 1.807) is 0 Å². The minimum atomic E-state index is 0.177. The molecule has 0 saturated heterocycles. The fraction of sp³-hybridized carbons (Fsp3) is 0.538. The van der Waals surface area contributed by atoms with Crippen molar-refractivity contribution in [2.24, 2.45) is 0 Å². The van der Waals surface area contributed by atoms with E-state index in [1.165, 1.54) is 5.56 Å². The van der Waals surface area contributed by atoms with Crippen molar-refractivity contribution in [3.05, 3.63) is 35.9 Å². The van der Waals surface area contributed by atoms with Crippen LogP contribution in [0.5, 0.6) is 0 Å². The minimum absolute atomic E-state index is 0.177. The highest BCUT2D eigenvalue weighted by Crippen LogP contribution is 2.19. The molecule has 0 aliphatic heterocycles. The molecule has 1 aromatic rings. The molecular formula is C13H21N. The normalized spacial score (nSPS) is 14.0. The Labute approximate surface area is 87.5 Å². The molecule has 1 atom stereocenters. The van der Waals surface area contributed by atoms with Gasteiger partial charge in [-0.3, -0.25) is 0 Å². The Hall–Kier alpha value is -0.820. The summed E-state index contributed by atoms with van der Waals surface area (Å²) in [5.74, 6) is 0. The van der Waals surface area contributed by atoms with Crippen molar-refractivity contribution in [1.29, 1.82) is 0 Å². The molecule has 0 fully saturated rings. The Morgan fingerprint density at radius 1 is 1.14 bits per heavy atom. The highest BCUT2D eigenvalue weighted by Gasteiger charge is 2.16. The van der Waals surface area contributed by atoms with E-state index < -0.39 is 0 Å². The van der Waals surface area contributed by atoms with Crippen molar-refractivity contribution in [3.8, 4) is 0 Å². The summed E-state index contributed by atoms with van der Waals surface area (Å²) in [6.07, 6.45) is 1.13. The van der Waals surface area contributed by atoms with Gasteiger partial charge < -0.3 is 5.32 Å². The van der Waals surface area contributed by atoms with Gasteiger partial charge in [-0.2, -0.15) is 0 Å². The zero-order chi connectivity index (χ0) is 10.6. The molecule has 1 aromatic carbocycles. The molecule has 0 radical (unpaired) electrons. The maximum atomic E-state index is 3.62. The highest BCUT2D eigenvalue weighted by atomic mass is 15.0. The lowest BCUT2D eigenvalue weighted by atomic mass is 10.00. The van der Waals surface area contributed by atoms with Gasteiger partial charge in [-0.05, 0) is 32.8 Å². The second kappa shape index (κ2) is 4.61. The number of hydrogen-bond donors (Lipinski definition) is 1. The van der Waals surface area contributed by atoms with E-state index >= 15 is 0 Å². The van der Waals surface area contributed by atoms with Gasteiger partial charge in [0.15, 0.2) is 0 Å². The van der Waals surface area contributed by atoms with E-state index in [9.17, 15) is 0 Å². The first-order chi connectivity index (χ1) is 6.53. The predicted octanol–water partition coefficient (Wildman–Crippen LogP) is 3.53. The van der Waals surface area contributed by atoms with Gasteiger partial charge in [-0.25, -0.2) is 0 Å². The Morgan fingerprint density at radius 2 is 1.71 bits per heavy atom. The Balaban J connectivity index is 2.73. The summed E-state index contributed by atoms with van der Waals surface area (Å²) >= 11 is 0. The maximum Gasteiger partial charge on any atom is 0.0322 e. The second-order valence-corrected chi connectivity index (χ2v) is 4.77. The third kappa shape index (κ3) is 3.51. The van der Waals surface area contributed by atoms with Gasteiger partial charge in [0.05, 0.1) is 0 Å². The molecule has 0 aliphatic rings. The summed E-state index contributed by atoms with van der Waals surface area (Å²) in [7, 11) is 0. The molecule has 1 N–H and O–H groups in total. The lowest BCUT2D eigenvalue weighted by molar-refractivity contribution is 0.357. The van der Waals surface area contributed by atoms with Gasteiger partial charge in [-0.1, -0.05) is 37.3 Å². The average Bonchev–Trinajstić information content (AvgIpc) is 2.14. The van der Waals surface area contributed by atoms with E-state index in [4.69, 9.17) is 0 Å². The van der Waals surface area contributed by atoms with Gasteiger partial charge >= 0.3 is 0 Å². The molecule has 0 unspecified atom stereocenters. The van der Waals surface area contributed by atoms with Crippen LogP contribution in [0.15, 0.2) is 30.3 Å². The van der Waals surface area contributed by atoms with Crippen LogP contribution in [0, 0.1) is 0 Å². The summed E-state index contributed by atoms with van der Waals surface area (Å²) in [5.41, 5.74) is 1.56. The summed E-state index contributed by atoms with van der Waals surface area (Å²) in [5, 5.41) is 3.62. The van der Waals surface area contributed by atoms with Crippen LogP contribution in [0.1, 0.15) is 45.7 Å². The molecule has 0 aliphatic carbocycles. The average molecular weight is 191 g/mol. The standard InChI is InChI=1S/C13H21N/c1-5-12(14-13(2,3)4)11-9-7-6-8-10-11/h6-10,12,14H,5H2,1-4H3/t12-/m0/s1. The number of benzene rings is 1. The molecule has 0 aromatic heterocycles. The van der Waals surface area contributed by atoms with Crippen LogP contribution in [0.3, 0.4) is 0 Å². The third-order valence-corrected chi connectivity index (χ3v) is 2.22. The van der Waals surface area contributed by atoms with Crippen LogP contribution in [0.4, 0.5) is 0 Å². The third-order valence-electron chi connectivity index (χ3n) is 2.22. The number of rotatable bonds is 3. The first-order valence-electron chi connectivity index (χ1n) is 5.35. The van der Waals surface area contributed by atoms with Crippen LogP contribution >= 0.6 is 0 Å². The van der Waals surface area contributed by atoms with Crippen molar-refractivity contribution < 1.29 is 0 Å². The SMILES string of the molecule is CC[C@H](NC(C)(C)C)c1ccccc1. The van der Waals surface area contributed by atoms with Crippen LogP contribution in [0.2, 0.25) is 0 Å². The first kappa shape index (κ1) is 11.3. The largest absolute Gasteiger partial charge is 0.305 e. The van der Waals surface area contributed by atoms with Crippen LogP contribution in [-0.2, 0) is 0 Å². The molecule has 1 nitrogen and oxygen atoms in total. The van der Waals surface area contributed by atoms with E-state index in [0.717, 1.165) is 6.42 Å². The van der Waals surface area contributed by atoms with Crippen LogP contribution in [-0.4, -0.2) is 5.54 Å². The minimum Gasteiger partial charge on any atom is -0.305 e. The molecule has 78 valence electrons. The van der Waals surface area contributed by atoms with E-state index in [-0.39, 0.29) is 5.54 Å². The van der Waals surface area contributed by atoms with Crippen molar-refractivity contribution in [2.45, 2.75) is 45.7 Å². The first-order valence-corrected chi connectivity index (χ1v) is 5.35. The summed E-state index contributed by atoms with van der Waals surface area (Å²) < 4.78 is 0. The molecule has 0 saturated carbocycles. The number of hydrogen-bond acceptors (Lipinski definition) is 1. The zero-order valence-electron chi connectivity index (χ0n) is 9.67. The van der Waals surface area contributed by atoms with Gasteiger partial charge in [0.2, 0.25) is 0 Å². The fourth-order valence-electron chi connectivity index (χ4n) is 1.63. The van der Waals surface area contributed by atoms with Gasteiger partial charge in [-0.15, -0.1) is 0 Å². The van der Waals surface area contributed by atoms with Crippen LogP contribution in [0.25, 0.3) is 0 Å². The Bertz CT molecular complexity index is 258. The molecule has 1 heteroatoms. The van der Waals surface area contributed by atoms with Crippen molar-refractivity contribution in [3.63, 3.8) is 0 Å². The van der Waals surface area contributed by atoms with Crippen LogP contribution < -0.4 is 5.32 Å². The molecule has 0 heterocycles. The molecule has 14 heavy (non-hydrogen) atoms. The quantitative estimate of drug-likeness (QED) is 0.770. The highest BCUT2D eigenvalue weighted by molar-refractivity contribution is 5.19. The molecule has 0 amide bonds. The molecule has 1 rings (SSSR count). The summed E-state index contributed by atoms with van der Waals surface area (Å²) in [6, 6.07) is 11.1. The predicted molar refractivity (Wildman–Crippen MR) is 62.4 cm³/mol. The van der Waals surface area contributed by atoms with E-state index in [0.29, 0.717) is 6.04 Å². The smallest absolute Gasteiger partial charge is 0.0322 e. The molecular weight excluding hydrogens is 170 g/mol. The summed E-state index contributed by atoms with van der Waals surface area (Å²) in [6.45, 7) is 8.84. The lowest BCUT2D eigenvalue weighted by Crippen LogP contribution is -2.38. The zero-order valence-corrected chi connectivity index (χ0v) is 9.67. The van der Waals surface area contributed by atoms with E-state index in [1.807, 2.05) is 0 Å². The van der Waals surface area contributed by atoms with Crippen molar-refractivity contribution in [1.82, 2.24) is 5.32 Å². The van der Waals surface area contributed by atoms with Gasteiger partial charge in [0, 0.05) is 11.6 Å². The fourth-order valence-corrected chi connectivity index (χ4v) is 1.63. The monoisotopic (exact) mass is 191 g/mol. The molecule has 0 spiro atoms.